The summed E-state index contributed by atoms with van der Waals surface area (Å²) in [6.45, 7) is 6.93. The Kier molecular flexibility index (Phi) is 7.42. The molecular weight excluding hydrogens is 304 g/mol. The van der Waals surface area contributed by atoms with Crippen molar-refractivity contribution in [2.24, 2.45) is 0 Å². The number of hydrogen-bond acceptors (Lipinski definition) is 3. The smallest absolute Gasteiger partial charge is 0.0587 e. The number of ether oxygens (including phenoxy) is 1. The van der Waals surface area contributed by atoms with Crippen LogP contribution in [-0.2, 0) is 11.3 Å². The van der Waals surface area contributed by atoms with Gasteiger partial charge in [-0.3, -0.25) is 0 Å². The number of benzene rings is 1. The minimum atomic E-state index is 0.553. The molecule has 1 aromatic rings. The van der Waals surface area contributed by atoms with Gasteiger partial charge in [0.15, 0.2) is 0 Å². The molecule has 1 atom stereocenters. The second-order valence-electron chi connectivity index (χ2n) is 4.81. The van der Waals surface area contributed by atoms with E-state index in [1.807, 2.05) is 0 Å². The fourth-order valence-electron chi connectivity index (χ4n) is 1.82. The Hall–Kier alpha value is -0.580. The Morgan fingerprint density at radius 1 is 1.42 bits per heavy atom. The lowest BCUT2D eigenvalue weighted by atomic mass is 10.1. The molecule has 0 spiro atoms. The van der Waals surface area contributed by atoms with E-state index in [4.69, 9.17) is 4.74 Å². The van der Waals surface area contributed by atoms with Crippen LogP contribution in [0.4, 0.5) is 5.69 Å². The molecule has 1 rings (SSSR count). The molecule has 0 aliphatic carbocycles. The first kappa shape index (κ1) is 16.5. The summed E-state index contributed by atoms with van der Waals surface area (Å²) in [5.41, 5.74) is 2.53. The Morgan fingerprint density at radius 3 is 2.74 bits per heavy atom. The van der Waals surface area contributed by atoms with Gasteiger partial charge in [-0.2, -0.15) is 0 Å². The van der Waals surface area contributed by atoms with E-state index in [0.29, 0.717) is 6.04 Å². The monoisotopic (exact) mass is 328 g/mol. The van der Waals surface area contributed by atoms with Crippen molar-refractivity contribution in [3.8, 4) is 0 Å². The Morgan fingerprint density at radius 2 is 2.16 bits per heavy atom. The van der Waals surface area contributed by atoms with Gasteiger partial charge in [-0.1, -0.05) is 28.9 Å². The number of methoxy groups -OCH3 is 1. The van der Waals surface area contributed by atoms with Crippen LogP contribution in [0.1, 0.15) is 25.8 Å². The van der Waals surface area contributed by atoms with Crippen molar-refractivity contribution in [2.75, 3.05) is 32.2 Å². The van der Waals surface area contributed by atoms with Crippen LogP contribution < -0.4 is 10.2 Å². The van der Waals surface area contributed by atoms with Gasteiger partial charge < -0.3 is 15.0 Å². The van der Waals surface area contributed by atoms with Gasteiger partial charge in [0.25, 0.3) is 0 Å². The summed E-state index contributed by atoms with van der Waals surface area (Å²) >= 11 is 3.66. The Bertz CT molecular complexity index is 384. The number of rotatable bonds is 8. The first-order valence-electron chi connectivity index (χ1n) is 6.81. The summed E-state index contributed by atoms with van der Waals surface area (Å²) in [5.74, 6) is 0. The van der Waals surface area contributed by atoms with Gasteiger partial charge in [-0.25, -0.2) is 0 Å². The van der Waals surface area contributed by atoms with Crippen LogP contribution in [-0.4, -0.2) is 33.4 Å². The van der Waals surface area contributed by atoms with Crippen molar-refractivity contribution in [3.63, 3.8) is 0 Å². The maximum absolute atomic E-state index is 5.02. The fraction of sp³-hybridized carbons (Fsp3) is 0.600. The first-order chi connectivity index (χ1) is 9.10. The summed E-state index contributed by atoms with van der Waals surface area (Å²) < 4.78 is 6.18. The molecule has 0 saturated heterocycles. The van der Waals surface area contributed by atoms with Crippen molar-refractivity contribution >= 4 is 21.6 Å². The molecule has 0 bridgehead atoms. The lowest BCUT2D eigenvalue weighted by Crippen LogP contribution is -2.28. The molecule has 0 aromatic heterocycles. The summed E-state index contributed by atoms with van der Waals surface area (Å²) in [7, 11) is 3.86. The number of nitrogens with one attached hydrogen (secondary N) is 1. The highest BCUT2D eigenvalue weighted by atomic mass is 79.9. The van der Waals surface area contributed by atoms with Crippen molar-refractivity contribution in [1.29, 1.82) is 0 Å². The zero-order chi connectivity index (χ0) is 14.3. The predicted molar refractivity (Wildman–Crippen MR) is 85.9 cm³/mol. The van der Waals surface area contributed by atoms with Crippen molar-refractivity contribution in [2.45, 2.75) is 32.9 Å². The molecule has 0 fully saturated rings. The average molecular weight is 329 g/mol. The highest BCUT2D eigenvalue weighted by molar-refractivity contribution is 9.10. The third-order valence-electron chi connectivity index (χ3n) is 3.49. The minimum absolute atomic E-state index is 0.553. The maximum Gasteiger partial charge on any atom is 0.0587 e. The number of halogens is 1. The molecule has 19 heavy (non-hydrogen) atoms. The summed E-state index contributed by atoms with van der Waals surface area (Å²) in [6.07, 6.45) is 1.15. The van der Waals surface area contributed by atoms with Crippen LogP contribution in [0.3, 0.4) is 0 Å². The van der Waals surface area contributed by atoms with Gasteiger partial charge in [-0.15, -0.1) is 0 Å². The van der Waals surface area contributed by atoms with E-state index in [9.17, 15) is 0 Å². The van der Waals surface area contributed by atoms with Crippen LogP contribution in [0.5, 0.6) is 0 Å². The number of hydrogen-bond donors (Lipinski definition) is 1. The van der Waals surface area contributed by atoms with Gasteiger partial charge in [-0.05, 0) is 31.0 Å². The third-order valence-corrected chi connectivity index (χ3v) is 4.23. The lowest BCUT2D eigenvalue weighted by molar-refractivity contribution is 0.199. The van der Waals surface area contributed by atoms with Gasteiger partial charge >= 0.3 is 0 Å². The van der Waals surface area contributed by atoms with E-state index >= 15 is 0 Å². The van der Waals surface area contributed by atoms with Crippen molar-refractivity contribution < 1.29 is 4.74 Å². The topological polar surface area (TPSA) is 24.5 Å². The molecule has 0 heterocycles. The second kappa shape index (κ2) is 8.56. The minimum Gasteiger partial charge on any atom is -0.383 e. The van der Waals surface area contributed by atoms with Crippen LogP contribution in [0.15, 0.2) is 22.7 Å². The lowest BCUT2D eigenvalue weighted by Gasteiger charge is -2.26. The van der Waals surface area contributed by atoms with E-state index in [-0.39, 0.29) is 0 Å². The van der Waals surface area contributed by atoms with E-state index < -0.39 is 0 Å². The largest absolute Gasteiger partial charge is 0.383 e. The van der Waals surface area contributed by atoms with Gasteiger partial charge in [0, 0.05) is 43.4 Å². The van der Waals surface area contributed by atoms with E-state index in [1.165, 1.54) is 11.3 Å². The Balaban J connectivity index is 2.63. The fourth-order valence-corrected chi connectivity index (χ4v) is 2.33. The van der Waals surface area contributed by atoms with Crippen LogP contribution in [0, 0.1) is 0 Å². The second-order valence-corrected chi connectivity index (χ2v) is 5.67. The van der Waals surface area contributed by atoms with Gasteiger partial charge in [0.1, 0.15) is 0 Å². The van der Waals surface area contributed by atoms with Crippen LogP contribution in [0.2, 0.25) is 0 Å². The van der Waals surface area contributed by atoms with E-state index in [0.717, 1.165) is 30.6 Å². The number of nitrogens with zero attached hydrogens (tertiary/aromatic N) is 1. The summed E-state index contributed by atoms with van der Waals surface area (Å²) in [4.78, 5) is 2.31. The van der Waals surface area contributed by atoms with Gasteiger partial charge in [0.05, 0.1) is 6.61 Å². The molecule has 0 aliphatic heterocycles. The molecule has 4 heteroatoms. The molecule has 1 N–H and O–H groups in total. The molecule has 108 valence electrons. The quantitative estimate of drug-likeness (QED) is 0.740. The number of anilines is 1. The molecule has 3 nitrogen and oxygen atoms in total. The molecule has 1 aromatic carbocycles. The molecule has 0 saturated carbocycles. The predicted octanol–water partition coefficient (Wildman–Crippen LogP) is 3.42. The average Bonchev–Trinajstić information content (AvgIpc) is 2.43. The molecule has 0 amide bonds. The molecule has 0 aliphatic rings. The molecule has 1 unspecified atom stereocenters. The van der Waals surface area contributed by atoms with Crippen molar-refractivity contribution in [3.05, 3.63) is 28.2 Å². The summed E-state index contributed by atoms with van der Waals surface area (Å²) in [6, 6.07) is 7.11. The Labute approximate surface area is 125 Å². The van der Waals surface area contributed by atoms with E-state index in [1.54, 1.807) is 7.11 Å². The highest BCUT2D eigenvalue weighted by Gasteiger charge is 2.09. The summed E-state index contributed by atoms with van der Waals surface area (Å²) in [5, 5.41) is 3.36. The SMILES string of the molecule is CCC(C)N(C)c1ccc(CNCCOC)c(Br)c1. The van der Waals surface area contributed by atoms with Crippen LogP contribution >= 0.6 is 15.9 Å². The molecule has 0 radical (unpaired) electrons. The van der Waals surface area contributed by atoms with Crippen LogP contribution in [0.25, 0.3) is 0 Å². The highest BCUT2D eigenvalue weighted by Crippen LogP contribution is 2.25. The standard InChI is InChI=1S/C15H25BrN2O/c1-5-12(2)18(3)14-7-6-13(15(16)10-14)11-17-8-9-19-4/h6-7,10,12,17H,5,8-9,11H2,1-4H3. The molecular formula is C15H25BrN2O. The maximum atomic E-state index is 5.02. The first-order valence-corrected chi connectivity index (χ1v) is 7.60. The van der Waals surface area contributed by atoms with Crippen molar-refractivity contribution in [1.82, 2.24) is 5.32 Å². The zero-order valence-corrected chi connectivity index (χ0v) is 14.0. The zero-order valence-electron chi connectivity index (χ0n) is 12.4. The van der Waals surface area contributed by atoms with Gasteiger partial charge in [0.2, 0.25) is 0 Å². The normalized spacial score (nSPS) is 12.5. The third kappa shape index (κ3) is 5.13. The van der Waals surface area contributed by atoms with E-state index in [2.05, 4.69) is 65.2 Å².